The summed E-state index contributed by atoms with van der Waals surface area (Å²) in [6.45, 7) is -0.219. The minimum absolute atomic E-state index is 0.109. The minimum Gasteiger partial charge on any atom is -0.269 e. The van der Waals surface area contributed by atoms with Crippen molar-refractivity contribution in [3.8, 4) is 0 Å². The van der Waals surface area contributed by atoms with Gasteiger partial charge in [0.05, 0.1) is 35.4 Å². The highest BCUT2D eigenvalue weighted by molar-refractivity contribution is 9.12. The Kier molecular flexibility index (Phi) is 6.97. The number of rotatable bonds is 7. The summed E-state index contributed by atoms with van der Waals surface area (Å²) >= 11 is 6.31. The van der Waals surface area contributed by atoms with Crippen LogP contribution in [0.3, 0.4) is 0 Å². The van der Waals surface area contributed by atoms with Gasteiger partial charge in [0.25, 0.3) is 20.2 Å². The predicted molar refractivity (Wildman–Crippen MR) is 67.0 cm³/mol. The van der Waals surface area contributed by atoms with Crippen LogP contribution in [0.1, 0.15) is 0 Å². The zero-order valence-electron chi connectivity index (χ0n) is 8.59. The van der Waals surface area contributed by atoms with E-state index in [1.165, 1.54) is 0 Å². The van der Waals surface area contributed by atoms with Gasteiger partial charge < -0.3 is 0 Å². The molecular formula is C6H12Br2O6S2. The number of hydrogen-bond donors (Lipinski definition) is 0. The normalized spacial score (nSPS) is 17.0. The first-order chi connectivity index (χ1) is 7.01. The molecule has 0 radical (unpaired) electrons. The highest BCUT2D eigenvalue weighted by atomic mass is 79.9. The fourth-order valence-corrected chi connectivity index (χ4v) is 2.29. The molecule has 98 valence electrons. The highest BCUT2D eigenvalue weighted by Gasteiger charge is 2.20. The van der Waals surface area contributed by atoms with Gasteiger partial charge in [-0.2, -0.15) is 16.8 Å². The van der Waals surface area contributed by atoms with Crippen molar-refractivity contribution in [2.75, 3.05) is 25.7 Å². The van der Waals surface area contributed by atoms with Gasteiger partial charge in [0.1, 0.15) is 0 Å². The number of halogens is 2. The van der Waals surface area contributed by atoms with Crippen LogP contribution in [0.15, 0.2) is 0 Å². The Hall–Kier alpha value is 0.780. The zero-order chi connectivity index (χ0) is 13.0. The molecule has 2 unspecified atom stereocenters. The van der Waals surface area contributed by atoms with E-state index in [1.807, 2.05) is 0 Å². The van der Waals surface area contributed by atoms with Crippen LogP contribution in [0.2, 0.25) is 0 Å². The molecule has 0 aromatic heterocycles. The van der Waals surface area contributed by atoms with Gasteiger partial charge in [-0.3, -0.25) is 8.37 Å². The lowest BCUT2D eigenvalue weighted by molar-refractivity contribution is 0.287. The highest BCUT2D eigenvalue weighted by Crippen LogP contribution is 2.16. The molecule has 2 atom stereocenters. The summed E-state index contributed by atoms with van der Waals surface area (Å²) in [5.41, 5.74) is 0. The standard InChI is InChI=1S/C6H12Br2O6S2/c1-15(9,10)13-3-5(7)6(8)4-14-16(2,11)12/h5-6H,3-4H2,1-2H3. The summed E-state index contributed by atoms with van der Waals surface area (Å²) in [7, 11) is -7.01. The molecule has 0 saturated heterocycles. The maximum absolute atomic E-state index is 10.7. The van der Waals surface area contributed by atoms with Gasteiger partial charge in [0.15, 0.2) is 0 Å². The maximum Gasteiger partial charge on any atom is 0.264 e. The first-order valence-corrected chi connectivity index (χ1v) is 9.44. The van der Waals surface area contributed by atoms with Crippen LogP contribution in [0.4, 0.5) is 0 Å². The average Bonchev–Trinajstić information content (AvgIpc) is 2.07. The van der Waals surface area contributed by atoms with Crippen molar-refractivity contribution in [3.63, 3.8) is 0 Å². The number of alkyl halides is 2. The van der Waals surface area contributed by atoms with Gasteiger partial charge in [-0.15, -0.1) is 0 Å². The number of hydrogen-bond acceptors (Lipinski definition) is 6. The molecule has 0 aliphatic rings. The molecule has 0 N–H and O–H groups in total. The molecule has 0 aliphatic heterocycles. The lowest BCUT2D eigenvalue weighted by atomic mass is 10.3. The topological polar surface area (TPSA) is 86.7 Å². The van der Waals surface area contributed by atoms with E-state index in [1.54, 1.807) is 0 Å². The molecule has 16 heavy (non-hydrogen) atoms. The predicted octanol–water partition coefficient (Wildman–Crippen LogP) is 0.466. The van der Waals surface area contributed by atoms with Crippen molar-refractivity contribution in [1.29, 1.82) is 0 Å². The molecular weight excluding hydrogens is 392 g/mol. The second-order valence-electron chi connectivity index (χ2n) is 3.01. The fourth-order valence-electron chi connectivity index (χ4n) is 0.586. The Morgan fingerprint density at radius 2 is 1.12 bits per heavy atom. The maximum atomic E-state index is 10.7. The van der Waals surface area contributed by atoms with Gasteiger partial charge in [-0.1, -0.05) is 31.9 Å². The zero-order valence-corrected chi connectivity index (χ0v) is 13.4. The van der Waals surface area contributed by atoms with Crippen LogP contribution in [0.5, 0.6) is 0 Å². The fraction of sp³-hybridized carbons (Fsp3) is 1.00. The van der Waals surface area contributed by atoms with Crippen molar-refractivity contribution in [2.24, 2.45) is 0 Å². The Bertz CT molecular complexity index is 363. The summed E-state index contributed by atoms with van der Waals surface area (Å²) in [6, 6.07) is 0. The van der Waals surface area contributed by atoms with Gasteiger partial charge in [-0.05, 0) is 0 Å². The summed E-state index contributed by atoms with van der Waals surface area (Å²) in [6.07, 6.45) is 1.87. The second-order valence-corrected chi connectivity index (χ2v) is 8.65. The van der Waals surface area contributed by atoms with Crippen molar-refractivity contribution in [2.45, 2.75) is 9.65 Å². The van der Waals surface area contributed by atoms with Crippen LogP contribution in [-0.4, -0.2) is 52.2 Å². The molecule has 0 aliphatic carbocycles. The molecule has 0 fully saturated rings. The molecule has 0 aromatic rings. The largest absolute Gasteiger partial charge is 0.269 e. The third-order valence-electron chi connectivity index (χ3n) is 1.28. The quantitative estimate of drug-likeness (QED) is 0.453. The first kappa shape index (κ1) is 16.8. The van der Waals surface area contributed by atoms with E-state index < -0.39 is 20.2 Å². The first-order valence-electron chi connectivity index (χ1n) is 3.98. The van der Waals surface area contributed by atoms with Crippen molar-refractivity contribution < 1.29 is 25.2 Å². The molecule has 0 heterocycles. The summed E-state index contributed by atoms with van der Waals surface area (Å²) in [5.74, 6) is 0. The Morgan fingerprint density at radius 3 is 1.31 bits per heavy atom. The van der Waals surface area contributed by atoms with E-state index >= 15 is 0 Å². The lowest BCUT2D eigenvalue weighted by Gasteiger charge is -2.15. The van der Waals surface area contributed by atoms with Crippen LogP contribution >= 0.6 is 31.9 Å². The van der Waals surface area contributed by atoms with Crippen molar-refractivity contribution in [1.82, 2.24) is 0 Å². The van der Waals surface area contributed by atoms with Crippen molar-refractivity contribution in [3.05, 3.63) is 0 Å². The van der Waals surface area contributed by atoms with Crippen LogP contribution in [0, 0.1) is 0 Å². The van der Waals surface area contributed by atoms with E-state index in [4.69, 9.17) is 0 Å². The Morgan fingerprint density at radius 1 is 0.875 bits per heavy atom. The molecule has 0 amide bonds. The van der Waals surface area contributed by atoms with Gasteiger partial charge >= 0.3 is 0 Å². The lowest BCUT2D eigenvalue weighted by Crippen LogP contribution is -2.27. The molecule has 0 bridgehead atoms. The Balaban J connectivity index is 4.05. The van der Waals surface area contributed by atoms with Gasteiger partial charge in [0, 0.05) is 0 Å². The third-order valence-corrected chi connectivity index (χ3v) is 4.92. The molecule has 10 heteroatoms. The molecule has 0 saturated carbocycles. The van der Waals surface area contributed by atoms with E-state index in [0.29, 0.717) is 0 Å². The van der Waals surface area contributed by atoms with Crippen LogP contribution in [-0.2, 0) is 28.6 Å². The van der Waals surface area contributed by atoms with E-state index in [2.05, 4.69) is 40.2 Å². The summed E-state index contributed by atoms with van der Waals surface area (Å²) < 4.78 is 51.8. The Labute approximate surface area is 112 Å². The third kappa shape index (κ3) is 9.97. The van der Waals surface area contributed by atoms with E-state index in [0.717, 1.165) is 12.5 Å². The second kappa shape index (κ2) is 6.64. The summed E-state index contributed by atoms with van der Waals surface area (Å²) in [5, 5.41) is 0. The van der Waals surface area contributed by atoms with Gasteiger partial charge in [0.2, 0.25) is 0 Å². The molecule has 6 nitrogen and oxygen atoms in total. The molecule has 0 spiro atoms. The van der Waals surface area contributed by atoms with Crippen molar-refractivity contribution >= 4 is 52.1 Å². The van der Waals surface area contributed by atoms with Gasteiger partial charge in [-0.25, -0.2) is 0 Å². The molecule has 0 aromatic carbocycles. The van der Waals surface area contributed by atoms with E-state index in [9.17, 15) is 16.8 Å². The molecule has 0 rings (SSSR count). The average molecular weight is 404 g/mol. The van der Waals surface area contributed by atoms with E-state index in [-0.39, 0.29) is 22.9 Å². The van der Waals surface area contributed by atoms with Crippen LogP contribution < -0.4 is 0 Å². The van der Waals surface area contributed by atoms with Crippen LogP contribution in [0.25, 0.3) is 0 Å². The monoisotopic (exact) mass is 402 g/mol. The SMILES string of the molecule is CS(=O)(=O)OCC(Br)C(Br)COS(C)(=O)=O. The minimum atomic E-state index is -3.51. The smallest absolute Gasteiger partial charge is 0.264 e. The summed E-state index contributed by atoms with van der Waals surface area (Å²) in [4.78, 5) is -0.770.